The van der Waals surface area contributed by atoms with E-state index >= 15 is 0 Å². The molecule has 0 aliphatic heterocycles. The molecule has 4 heteroatoms. The molecule has 1 rings (SSSR count). The molecule has 1 unspecified atom stereocenters. The van der Waals surface area contributed by atoms with Gasteiger partial charge in [-0.3, -0.25) is 0 Å². The van der Waals surface area contributed by atoms with Crippen LogP contribution in [-0.2, 0) is 9.84 Å². The zero-order chi connectivity index (χ0) is 12.2. The van der Waals surface area contributed by atoms with Crippen LogP contribution >= 0.6 is 0 Å². The van der Waals surface area contributed by atoms with E-state index in [2.05, 4.69) is 0 Å². The fourth-order valence-corrected chi connectivity index (χ4v) is 2.30. The lowest BCUT2D eigenvalue weighted by Gasteiger charge is -2.06. The summed E-state index contributed by atoms with van der Waals surface area (Å²) in [5.41, 5.74) is -1.02. The number of benzene rings is 1. The van der Waals surface area contributed by atoms with Crippen molar-refractivity contribution in [2.24, 2.45) is 0 Å². The van der Waals surface area contributed by atoms with Crippen LogP contribution in [0.1, 0.15) is 18.9 Å². The topological polar surface area (TPSA) is 34.1 Å². The highest BCUT2D eigenvalue weighted by molar-refractivity contribution is 7.92. The Balaban J connectivity index is 3.02. The van der Waals surface area contributed by atoms with Crippen molar-refractivity contribution in [3.8, 4) is 0 Å². The van der Waals surface area contributed by atoms with Crippen LogP contribution in [0.2, 0.25) is 0 Å². The third-order valence-corrected chi connectivity index (χ3v) is 3.85. The lowest BCUT2D eigenvalue weighted by atomic mass is 10.2. The monoisotopic (exact) mass is 242 g/mol. The number of aryl methyl sites for hydroxylation is 1. The molecule has 0 aliphatic carbocycles. The molecule has 0 heterocycles. The number of alkyl halides is 1. The minimum atomic E-state index is -3.88. The lowest BCUT2D eigenvalue weighted by Crippen LogP contribution is -2.14. The number of rotatable bonds is 4. The fourth-order valence-electron chi connectivity index (χ4n) is 1.20. The molecule has 0 bridgehead atoms. The van der Waals surface area contributed by atoms with E-state index in [9.17, 15) is 12.8 Å². The summed E-state index contributed by atoms with van der Waals surface area (Å²) in [4.78, 5) is 0.0198. The van der Waals surface area contributed by atoms with Crippen LogP contribution in [0.4, 0.5) is 4.39 Å². The zero-order valence-corrected chi connectivity index (χ0v) is 10.2. The molecule has 1 aromatic rings. The van der Waals surface area contributed by atoms with Gasteiger partial charge in [-0.1, -0.05) is 30.7 Å². The molecule has 1 atom stereocenters. The van der Waals surface area contributed by atoms with Gasteiger partial charge < -0.3 is 0 Å². The highest BCUT2D eigenvalue weighted by Crippen LogP contribution is 2.18. The molecule has 88 valence electrons. The number of hydrogen-bond donors (Lipinski definition) is 0. The Hall–Kier alpha value is -1.16. The first-order valence-corrected chi connectivity index (χ1v) is 6.64. The minimum Gasteiger partial charge on any atom is -0.225 e. The first kappa shape index (κ1) is 12.9. The first-order valence-electron chi connectivity index (χ1n) is 5.09. The quantitative estimate of drug-likeness (QED) is 0.760. The Labute approximate surface area is 95.7 Å². The predicted octanol–water partition coefficient (Wildman–Crippen LogP) is 3.03. The van der Waals surface area contributed by atoms with Crippen LogP contribution < -0.4 is 0 Å². The average Bonchev–Trinajstić information content (AvgIpc) is 2.26. The van der Waals surface area contributed by atoms with Crippen LogP contribution in [0.25, 0.3) is 0 Å². The SMILES string of the molecule is CC/C=C/C(F)S(=O)(=O)c1ccc(C)cc1. The smallest absolute Gasteiger partial charge is 0.223 e. The second kappa shape index (κ2) is 5.25. The van der Waals surface area contributed by atoms with Gasteiger partial charge in [0.25, 0.3) is 0 Å². The Morgan fingerprint density at radius 3 is 2.38 bits per heavy atom. The zero-order valence-electron chi connectivity index (χ0n) is 9.35. The summed E-state index contributed by atoms with van der Waals surface area (Å²) in [5, 5.41) is 0. The van der Waals surface area contributed by atoms with E-state index in [1.165, 1.54) is 18.2 Å². The third kappa shape index (κ3) is 2.92. The molecule has 1 aromatic carbocycles. The minimum absolute atomic E-state index is 0.0198. The molecule has 0 aliphatic rings. The van der Waals surface area contributed by atoms with Crippen molar-refractivity contribution < 1.29 is 12.8 Å². The van der Waals surface area contributed by atoms with Crippen molar-refractivity contribution in [3.63, 3.8) is 0 Å². The Kier molecular flexibility index (Phi) is 4.24. The van der Waals surface area contributed by atoms with Gasteiger partial charge in [0.15, 0.2) is 0 Å². The van der Waals surface area contributed by atoms with Gasteiger partial charge in [-0.2, -0.15) is 0 Å². The summed E-state index contributed by atoms with van der Waals surface area (Å²) in [6, 6.07) is 6.17. The van der Waals surface area contributed by atoms with Crippen LogP contribution in [0.15, 0.2) is 41.3 Å². The van der Waals surface area contributed by atoms with Gasteiger partial charge in [-0.25, -0.2) is 12.8 Å². The van der Waals surface area contributed by atoms with Crippen molar-refractivity contribution in [2.75, 3.05) is 0 Å². The van der Waals surface area contributed by atoms with Gasteiger partial charge in [0.05, 0.1) is 4.90 Å². The second-order valence-corrected chi connectivity index (χ2v) is 5.56. The number of hydrogen-bond acceptors (Lipinski definition) is 2. The molecule has 0 N–H and O–H groups in total. The van der Waals surface area contributed by atoms with Crippen molar-refractivity contribution in [1.82, 2.24) is 0 Å². The Bertz CT molecular complexity index is 460. The van der Waals surface area contributed by atoms with Crippen molar-refractivity contribution in [1.29, 1.82) is 0 Å². The van der Waals surface area contributed by atoms with Crippen LogP contribution in [0, 0.1) is 6.92 Å². The van der Waals surface area contributed by atoms with Gasteiger partial charge in [0, 0.05) is 0 Å². The molecule has 2 nitrogen and oxygen atoms in total. The van der Waals surface area contributed by atoms with Gasteiger partial charge >= 0.3 is 0 Å². The summed E-state index contributed by atoms with van der Waals surface area (Å²) < 4.78 is 36.9. The van der Waals surface area contributed by atoms with E-state index in [4.69, 9.17) is 0 Å². The van der Waals surface area contributed by atoms with Crippen LogP contribution in [-0.4, -0.2) is 13.9 Å². The largest absolute Gasteiger partial charge is 0.225 e. The molecule has 0 fully saturated rings. The van der Waals surface area contributed by atoms with E-state index < -0.39 is 15.3 Å². The first-order chi connectivity index (χ1) is 7.48. The van der Waals surface area contributed by atoms with Crippen molar-refractivity contribution >= 4 is 9.84 Å². The summed E-state index contributed by atoms with van der Waals surface area (Å²) >= 11 is 0. The Morgan fingerprint density at radius 1 is 1.31 bits per heavy atom. The molecule has 0 amide bonds. The molecule has 0 saturated carbocycles. The highest BCUT2D eigenvalue weighted by atomic mass is 32.2. The molecule has 0 spiro atoms. The molecule has 16 heavy (non-hydrogen) atoms. The number of allylic oxidation sites excluding steroid dienone is 1. The lowest BCUT2D eigenvalue weighted by molar-refractivity contribution is 0.473. The van der Waals surface area contributed by atoms with Crippen LogP contribution in [0.3, 0.4) is 0 Å². The molecular formula is C12H15FO2S. The van der Waals surface area contributed by atoms with Gasteiger partial charge in [0.1, 0.15) is 0 Å². The van der Waals surface area contributed by atoms with Crippen molar-refractivity contribution in [2.45, 2.75) is 30.7 Å². The normalized spacial score (nSPS) is 14.2. The van der Waals surface area contributed by atoms with E-state index in [1.54, 1.807) is 12.1 Å². The number of halogens is 1. The molecular weight excluding hydrogens is 227 g/mol. The fraction of sp³-hybridized carbons (Fsp3) is 0.333. The second-order valence-electron chi connectivity index (χ2n) is 3.55. The summed E-state index contributed by atoms with van der Waals surface area (Å²) in [5.74, 6) is 0. The van der Waals surface area contributed by atoms with E-state index in [-0.39, 0.29) is 4.90 Å². The molecule has 0 saturated heterocycles. The van der Waals surface area contributed by atoms with Gasteiger partial charge in [-0.15, -0.1) is 0 Å². The molecule has 0 aromatic heterocycles. The highest BCUT2D eigenvalue weighted by Gasteiger charge is 2.24. The standard InChI is InChI=1S/C12H15FO2S/c1-3-4-5-12(13)16(14,15)11-8-6-10(2)7-9-11/h4-9,12H,3H2,1-2H3/b5-4+. The average molecular weight is 242 g/mol. The summed E-state index contributed by atoms with van der Waals surface area (Å²) in [7, 11) is -3.88. The van der Waals surface area contributed by atoms with E-state index in [0.717, 1.165) is 11.6 Å². The maximum Gasteiger partial charge on any atom is 0.223 e. The van der Waals surface area contributed by atoms with Gasteiger partial charge in [-0.05, 0) is 31.6 Å². The molecule has 0 radical (unpaired) electrons. The summed E-state index contributed by atoms with van der Waals surface area (Å²) in [6.45, 7) is 3.67. The summed E-state index contributed by atoms with van der Waals surface area (Å²) in [6.07, 6.45) is 3.20. The van der Waals surface area contributed by atoms with E-state index in [0.29, 0.717) is 6.42 Å². The van der Waals surface area contributed by atoms with Crippen molar-refractivity contribution in [3.05, 3.63) is 42.0 Å². The predicted molar refractivity (Wildman–Crippen MR) is 62.7 cm³/mol. The third-order valence-electron chi connectivity index (χ3n) is 2.17. The maximum absolute atomic E-state index is 13.5. The Morgan fingerprint density at radius 2 is 1.88 bits per heavy atom. The van der Waals surface area contributed by atoms with Gasteiger partial charge in [0.2, 0.25) is 15.3 Å². The van der Waals surface area contributed by atoms with E-state index in [1.807, 2.05) is 13.8 Å². The maximum atomic E-state index is 13.5. The van der Waals surface area contributed by atoms with Crippen LogP contribution in [0.5, 0.6) is 0 Å². The number of sulfone groups is 1.